The van der Waals surface area contributed by atoms with Gasteiger partial charge >= 0.3 is 0 Å². The first-order chi connectivity index (χ1) is 8.97. The summed E-state index contributed by atoms with van der Waals surface area (Å²) in [6.07, 6.45) is 0. The van der Waals surface area contributed by atoms with Crippen LogP contribution in [-0.4, -0.2) is 5.84 Å². The van der Waals surface area contributed by atoms with E-state index in [2.05, 4.69) is 6.07 Å². The van der Waals surface area contributed by atoms with Gasteiger partial charge in [-0.1, -0.05) is 29.3 Å². The minimum Gasteiger partial charge on any atom is -0.457 e. The lowest BCUT2D eigenvalue weighted by Gasteiger charge is -2.10. The summed E-state index contributed by atoms with van der Waals surface area (Å²) < 4.78 is 5.78. The molecule has 0 aliphatic heterocycles. The molecule has 0 heterocycles. The number of nitrogens with one attached hydrogen (secondary N) is 1. The van der Waals surface area contributed by atoms with Crippen molar-refractivity contribution in [1.29, 1.82) is 5.41 Å². The topological polar surface area (TPSA) is 59.1 Å². The number of amidine groups is 1. The summed E-state index contributed by atoms with van der Waals surface area (Å²) in [5.41, 5.74) is 8.18. The Labute approximate surface area is 117 Å². The molecule has 2 aromatic rings. The van der Waals surface area contributed by atoms with Gasteiger partial charge in [0.1, 0.15) is 17.3 Å². The summed E-state index contributed by atoms with van der Waals surface area (Å²) in [6, 6.07) is 11.1. The summed E-state index contributed by atoms with van der Waals surface area (Å²) in [5, 5.41) is 7.79. The quantitative estimate of drug-likeness (QED) is 0.656. The molecule has 3 nitrogen and oxygen atoms in total. The number of halogens is 1. The lowest BCUT2D eigenvalue weighted by molar-refractivity contribution is 0.479. The van der Waals surface area contributed by atoms with Gasteiger partial charge in [-0.25, -0.2) is 0 Å². The van der Waals surface area contributed by atoms with Crippen molar-refractivity contribution in [3.05, 3.63) is 58.1 Å². The van der Waals surface area contributed by atoms with E-state index in [0.717, 1.165) is 11.3 Å². The van der Waals surface area contributed by atoms with E-state index in [1.807, 2.05) is 26.0 Å². The molecule has 19 heavy (non-hydrogen) atoms. The Hall–Kier alpha value is -2.00. The Morgan fingerprint density at radius 3 is 2.47 bits per heavy atom. The maximum absolute atomic E-state index is 7.38. The Morgan fingerprint density at radius 1 is 1.16 bits per heavy atom. The van der Waals surface area contributed by atoms with Gasteiger partial charge in [-0.3, -0.25) is 5.41 Å². The molecule has 0 fully saturated rings. The standard InChI is InChI=1S/C15H15ClN2O/c1-9-3-6-14(10(2)7-9)19-11-4-5-12(15(17)18)13(16)8-11/h3-8H,1-2H3,(H3,17,18). The largest absolute Gasteiger partial charge is 0.457 e. The third-order valence-electron chi connectivity index (χ3n) is 2.79. The summed E-state index contributed by atoms with van der Waals surface area (Å²) in [5.74, 6) is 1.36. The fourth-order valence-corrected chi connectivity index (χ4v) is 2.09. The molecule has 0 atom stereocenters. The Bertz CT molecular complexity index is 638. The van der Waals surface area contributed by atoms with Crippen LogP contribution in [0.3, 0.4) is 0 Å². The highest BCUT2D eigenvalue weighted by atomic mass is 35.5. The average Bonchev–Trinajstić information content (AvgIpc) is 2.32. The molecule has 0 saturated heterocycles. The molecule has 2 rings (SSSR count). The second kappa shape index (κ2) is 5.33. The smallest absolute Gasteiger partial charge is 0.130 e. The highest BCUT2D eigenvalue weighted by Gasteiger charge is 2.07. The van der Waals surface area contributed by atoms with Gasteiger partial charge in [0.15, 0.2) is 0 Å². The van der Waals surface area contributed by atoms with Crippen LogP contribution in [0.4, 0.5) is 0 Å². The van der Waals surface area contributed by atoms with Crippen LogP contribution in [-0.2, 0) is 0 Å². The molecule has 2 aromatic carbocycles. The zero-order valence-electron chi connectivity index (χ0n) is 10.8. The summed E-state index contributed by atoms with van der Waals surface area (Å²) >= 11 is 6.05. The summed E-state index contributed by atoms with van der Waals surface area (Å²) in [4.78, 5) is 0. The monoisotopic (exact) mass is 274 g/mol. The number of hydrogen-bond donors (Lipinski definition) is 2. The molecule has 0 bridgehead atoms. The van der Waals surface area contributed by atoms with E-state index in [0.29, 0.717) is 16.3 Å². The predicted molar refractivity (Wildman–Crippen MR) is 78.5 cm³/mol. The molecule has 0 aromatic heterocycles. The fraction of sp³-hybridized carbons (Fsp3) is 0.133. The first-order valence-electron chi connectivity index (χ1n) is 5.86. The van der Waals surface area contributed by atoms with E-state index in [4.69, 9.17) is 27.5 Å². The number of nitrogens with two attached hydrogens (primary N) is 1. The molecule has 4 heteroatoms. The van der Waals surface area contributed by atoms with E-state index >= 15 is 0 Å². The molecule has 3 N–H and O–H groups in total. The molecule has 0 saturated carbocycles. The molecular weight excluding hydrogens is 260 g/mol. The summed E-state index contributed by atoms with van der Waals surface area (Å²) in [6.45, 7) is 4.03. The fourth-order valence-electron chi connectivity index (χ4n) is 1.82. The van der Waals surface area contributed by atoms with Crippen molar-refractivity contribution in [2.75, 3.05) is 0 Å². The van der Waals surface area contributed by atoms with Gasteiger partial charge in [0.05, 0.1) is 5.02 Å². The van der Waals surface area contributed by atoms with Crippen molar-refractivity contribution >= 4 is 17.4 Å². The SMILES string of the molecule is Cc1ccc(Oc2ccc(C(=N)N)c(Cl)c2)c(C)c1. The number of hydrogen-bond acceptors (Lipinski definition) is 2. The molecule has 98 valence electrons. The molecule has 0 amide bonds. The van der Waals surface area contributed by atoms with E-state index < -0.39 is 0 Å². The van der Waals surface area contributed by atoms with Crippen LogP contribution in [0.5, 0.6) is 11.5 Å². The Balaban J connectivity index is 2.29. The average molecular weight is 275 g/mol. The minimum absolute atomic E-state index is 0.0527. The molecule has 0 radical (unpaired) electrons. The van der Waals surface area contributed by atoms with E-state index in [1.165, 1.54) is 5.56 Å². The number of rotatable bonds is 3. The minimum atomic E-state index is -0.0527. The zero-order chi connectivity index (χ0) is 14.0. The van der Waals surface area contributed by atoms with E-state index in [1.54, 1.807) is 18.2 Å². The molecule has 0 spiro atoms. The van der Waals surface area contributed by atoms with E-state index in [-0.39, 0.29) is 5.84 Å². The van der Waals surface area contributed by atoms with E-state index in [9.17, 15) is 0 Å². The molecule has 0 aliphatic rings. The third-order valence-corrected chi connectivity index (χ3v) is 3.10. The van der Waals surface area contributed by atoms with Crippen LogP contribution in [0.15, 0.2) is 36.4 Å². The Morgan fingerprint density at radius 2 is 1.89 bits per heavy atom. The van der Waals surface area contributed by atoms with Crippen molar-refractivity contribution in [1.82, 2.24) is 0 Å². The first kappa shape index (κ1) is 13.4. The lowest BCUT2D eigenvalue weighted by Crippen LogP contribution is -2.11. The van der Waals surface area contributed by atoms with Crippen LogP contribution >= 0.6 is 11.6 Å². The van der Waals surface area contributed by atoms with Crippen molar-refractivity contribution in [2.45, 2.75) is 13.8 Å². The first-order valence-corrected chi connectivity index (χ1v) is 6.24. The maximum atomic E-state index is 7.38. The third kappa shape index (κ3) is 3.06. The highest BCUT2D eigenvalue weighted by molar-refractivity contribution is 6.34. The number of ether oxygens (including phenoxy) is 1. The Kier molecular flexibility index (Phi) is 3.76. The van der Waals surface area contributed by atoms with Gasteiger partial charge < -0.3 is 10.5 Å². The normalized spacial score (nSPS) is 10.3. The maximum Gasteiger partial charge on any atom is 0.130 e. The lowest BCUT2D eigenvalue weighted by atomic mass is 10.1. The molecule has 0 aliphatic carbocycles. The predicted octanol–water partition coefficient (Wildman–Crippen LogP) is 4.03. The molecule has 0 unspecified atom stereocenters. The van der Waals surface area contributed by atoms with Crippen molar-refractivity contribution in [2.24, 2.45) is 5.73 Å². The van der Waals surface area contributed by atoms with Crippen molar-refractivity contribution < 1.29 is 4.74 Å². The van der Waals surface area contributed by atoms with Gasteiger partial charge in [0.2, 0.25) is 0 Å². The number of nitrogen functional groups attached to an aromatic ring is 1. The number of aryl methyl sites for hydroxylation is 2. The van der Waals surface area contributed by atoms with Crippen LogP contribution in [0.1, 0.15) is 16.7 Å². The number of benzene rings is 2. The van der Waals surface area contributed by atoms with Crippen LogP contribution in [0.25, 0.3) is 0 Å². The highest BCUT2D eigenvalue weighted by Crippen LogP contribution is 2.29. The van der Waals surface area contributed by atoms with Crippen LogP contribution in [0.2, 0.25) is 5.02 Å². The van der Waals surface area contributed by atoms with Crippen LogP contribution in [0, 0.1) is 19.3 Å². The van der Waals surface area contributed by atoms with Gasteiger partial charge in [0.25, 0.3) is 0 Å². The second-order valence-corrected chi connectivity index (χ2v) is 4.83. The van der Waals surface area contributed by atoms with Gasteiger partial charge in [-0.05, 0) is 37.6 Å². The van der Waals surface area contributed by atoms with Gasteiger partial charge in [-0.2, -0.15) is 0 Å². The van der Waals surface area contributed by atoms with Gasteiger partial charge in [-0.15, -0.1) is 0 Å². The van der Waals surface area contributed by atoms with Gasteiger partial charge in [0, 0.05) is 11.6 Å². The van der Waals surface area contributed by atoms with Crippen LogP contribution < -0.4 is 10.5 Å². The second-order valence-electron chi connectivity index (χ2n) is 4.43. The van der Waals surface area contributed by atoms with Crippen molar-refractivity contribution in [3.63, 3.8) is 0 Å². The zero-order valence-corrected chi connectivity index (χ0v) is 11.6. The molecular formula is C15H15ClN2O. The summed E-state index contributed by atoms with van der Waals surface area (Å²) in [7, 11) is 0. The van der Waals surface area contributed by atoms with Crippen molar-refractivity contribution in [3.8, 4) is 11.5 Å².